The van der Waals surface area contributed by atoms with Crippen LogP contribution >= 0.6 is 0 Å². The van der Waals surface area contributed by atoms with Crippen molar-refractivity contribution in [2.75, 3.05) is 0 Å². The Morgan fingerprint density at radius 3 is 2.67 bits per heavy atom. The molecule has 0 spiro atoms. The van der Waals surface area contributed by atoms with Crippen LogP contribution < -0.4 is 0 Å². The van der Waals surface area contributed by atoms with Gasteiger partial charge in [-0.1, -0.05) is 32.0 Å². The van der Waals surface area contributed by atoms with E-state index in [4.69, 9.17) is 0 Å². The topological polar surface area (TPSA) is 32.9 Å². The third kappa shape index (κ3) is 1.46. The zero-order valence-corrected chi connectivity index (χ0v) is 9.29. The number of carbonyl (C=O) groups is 1. The number of carbonyl (C=O) groups excluding carboxylic acids is 1. The summed E-state index contributed by atoms with van der Waals surface area (Å²) in [5.74, 6) is 0.464. The van der Waals surface area contributed by atoms with Crippen LogP contribution in [-0.2, 0) is 0 Å². The lowest BCUT2D eigenvalue weighted by Crippen LogP contribution is -1.88. The van der Waals surface area contributed by atoms with Crippen LogP contribution in [0.2, 0.25) is 0 Å². The monoisotopic (exact) mass is 201 g/mol. The molecule has 2 heteroatoms. The first kappa shape index (κ1) is 9.97. The first-order valence-electron chi connectivity index (χ1n) is 5.21. The van der Waals surface area contributed by atoms with Gasteiger partial charge in [-0.3, -0.25) is 4.79 Å². The summed E-state index contributed by atoms with van der Waals surface area (Å²) in [7, 11) is 0. The van der Waals surface area contributed by atoms with Crippen LogP contribution in [0, 0.1) is 6.92 Å². The molecule has 1 heterocycles. The van der Waals surface area contributed by atoms with E-state index in [1.807, 2.05) is 13.0 Å². The zero-order chi connectivity index (χ0) is 11.0. The number of nitrogens with one attached hydrogen (secondary N) is 1. The van der Waals surface area contributed by atoms with Crippen molar-refractivity contribution in [3.8, 4) is 0 Å². The number of H-pyrrole nitrogens is 1. The van der Waals surface area contributed by atoms with E-state index in [-0.39, 0.29) is 0 Å². The summed E-state index contributed by atoms with van der Waals surface area (Å²) in [5.41, 5.74) is 4.11. The molecule has 1 N–H and O–H groups in total. The summed E-state index contributed by atoms with van der Waals surface area (Å²) in [6.45, 7) is 6.30. The van der Waals surface area contributed by atoms with Gasteiger partial charge in [-0.25, -0.2) is 0 Å². The van der Waals surface area contributed by atoms with Crippen LogP contribution in [0.5, 0.6) is 0 Å². The van der Waals surface area contributed by atoms with Crippen LogP contribution in [0.3, 0.4) is 0 Å². The fourth-order valence-corrected chi connectivity index (χ4v) is 1.99. The molecule has 0 saturated heterocycles. The summed E-state index contributed by atoms with van der Waals surface area (Å²) < 4.78 is 0. The molecule has 1 aromatic carbocycles. The molecule has 0 bridgehead atoms. The van der Waals surface area contributed by atoms with Crippen LogP contribution in [0.4, 0.5) is 0 Å². The minimum Gasteiger partial charge on any atom is -0.352 e. The molecule has 0 amide bonds. The molecule has 1 aromatic heterocycles. The van der Waals surface area contributed by atoms with Gasteiger partial charge in [-0.05, 0) is 24.0 Å². The van der Waals surface area contributed by atoms with E-state index in [1.165, 1.54) is 5.56 Å². The molecule has 2 aromatic rings. The second kappa shape index (κ2) is 3.54. The second-order valence-corrected chi connectivity index (χ2v) is 4.21. The van der Waals surface area contributed by atoms with Gasteiger partial charge in [0.1, 0.15) is 0 Å². The predicted molar refractivity (Wildman–Crippen MR) is 62.5 cm³/mol. The summed E-state index contributed by atoms with van der Waals surface area (Å²) >= 11 is 0. The maximum absolute atomic E-state index is 10.8. The van der Waals surface area contributed by atoms with Crippen molar-refractivity contribution < 1.29 is 4.79 Å². The van der Waals surface area contributed by atoms with Gasteiger partial charge in [0.05, 0.1) is 5.69 Å². The highest BCUT2D eigenvalue weighted by Gasteiger charge is 2.11. The normalized spacial score (nSPS) is 11.2. The van der Waals surface area contributed by atoms with Crippen LogP contribution in [0.1, 0.15) is 41.4 Å². The number of hydrogen-bond donors (Lipinski definition) is 1. The SMILES string of the molecule is Cc1c(C=O)[nH]c2c(C(C)C)cccc12. The molecule has 78 valence electrons. The van der Waals surface area contributed by atoms with Gasteiger partial charge in [-0.2, -0.15) is 0 Å². The van der Waals surface area contributed by atoms with Crippen molar-refractivity contribution in [1.29, 1.82) is 0 Å². The van der Waals surface area contributed by atoms with E-state index >= 15 is 0 Å². The van der Waals surface area contributed by atoms with E-state index in [1.54, 1.807) is 0 Å². The standard InChI is InChI=1S/C13H15NO/c1-8(2)10-5-4-6-11-9(3)12(7-15)14-13(10)11/h4-8,14H,1-3H3. The number of aromatic amines is 1. The van der Waals surface area contributed by atoms with Crippen LogP contribution in [0.15, 0.2) is 18.2 Å². The molecule has 0 unspecified atom stereocenters. The molecule has 0 fully saturated rings. The molecule has 0 saturated carbocycles. The fourth-order valence-electron chi connectivity index (χ4n) is 1.99. The Bertz CT molecular complexity index is 508. The maximum Gasteiger partial charge on any atom is 0.166 e. The number of fused-ring (bicyclic) bond motifs is 1. The van der Waals surface area contributed by atoms with E-state index in [0.717, 1.165) is 22.8 Å². The Morgan fingerprint density at radius 2 is 2.07 bits per heavy atom. The number of para-hydroxylation sites is 1. The van der Waals surface area contributed by atoms with E-state index in [0.29, 0.717) is 11.6 Å². The van der Waals surface area contributed by atoms with Gasteiger partial charge in [-0.15, -0.1) is 0 Å². The predicted octanol–water partition coefficient (Wildman–Crippen LogP) is 3.41. The fraction of sp³-hybridized carbons (Fsp3) is 0.308. The van der Waals surface area contributed by atoms with Gasteiger partial charge >= 0.3 is 0 Å². The summed E-state index contributed by atoms with van der Waals surface area (Å²) in [6.07, 6.45) is 0.888. The first-order chi connectivity index (χ1) is 7.15. The molecule has 0 atom stereocenters. The third-order valence-corrected chi connectivity index (χ3v) is 2.90. The Morgan fingerprint density at radius 1 is 1.33 bits per heavy atom. The van der Waals surface area contributed by atoms with Gasteiger partial charge in [0.15, 0.2) is 6.29 Å². The number of rotatable bonds is 2. The molecule has 2 rings (SSSR count). The Labute approximate surface area is 89.3 Å². The van der Waals surface area contributed by atoms with Crippen molar-refractivity contribution in [3.63, 3.8) is 0 Å². The number of aryl methyl sites for hydroxylation is 1. The second-order valence-electron chi connectivity index (χ2n) is 4.21. The lowest BCUT2D eigenvalue weighted by Gasteiger charge is -2.06. The van der Waals surface area contributed by atoms with Gasteiger partial charge < -0.3 is 4.98 Å². The zero-order valence-electron chi connectivity index (χ0n) is 9.29. The average molecular weight is 201 g/mol. The van der Waals surface area contributed by atoms with Gasteiger partial charge in [0.2, 0.25) is 0 Å². The highest BCUT2D eigenvalue weighted by molar-refractivity contribution is 5.93. The first-order valence-corrected chi connectivity index (χ1v) is 5.21. The van der Waals surface area contributed by atoms with Crippen molar-refractivity contribution in [3.05, 3.63) is 35.0 Å². The molecule has 0 aliphatic rings. The maximum atomic E-state index is 10.8. The van der Waals surface area contributed by atoms with Crippen LogP contribution in [0.25, 0.3) is 10.9 Å². The minimum absolute atomic E-state index is 0.464. The number of aromatic nitrogens is 1. The Balaban J connectivity index is 2.81. The van der Waals surface area contributed by atoms with Crippen molar-refractivity contribution in [2.45, 2.75) is 26.7 Å². The van der Waals surface area contributed by atoms with Gasteiger partial charge in [0.25, 0.3) is 0 Å². The van der Waals surface area contributed by atoms with E-state index < -0.39 is 0 Å². The largest absolute Gasteiger partial charge is 0.352 e. The number of aldehydes is 1. The van der Waals surface area contributed by atoms with E-state index in [2.05, 4.69) is 31.0 Å². The van der Waals surface area contributed by atoms with Crippen molar-refractivity contribution >= 4 is 17.2 Å². The molecule has 0 aliphatic heterocycles. The molecular formula is C13H15NO. The molecule has 2 nitrogen and oxygen atoms in total. The van der Waals surface area contributed by atoms with Crippen LogP contribution in [-0.4, -0.2) is 11.3 Å². The lowest BCUT2D eigenvalue weighted by atomic mass is 10.00. The summed E-state index contributed by atoms with van der Waals surface area (Å²) in [6, 6.07) is 6.21. The van der Waals surface area contributed by atoms with Crippen molar-refractivity contribution in [2.24, 2.45) is 0 Å². The molecule has 0 radical (unpaired) electrons. The highest BCUT2D eigenvalue weighted by atomic mass is 16.1. The molecule has 0 aliphatic carbocycles. The summed E-state index contributed by atoms with van der Waals surface area (Å²) in [5, 5.41) is 1.16. The Kier molecular flexibility index (Phi) is 2.35. The number of benzene rings is 1. The average Bonchev–Trinajstić information content (AvgIpc) is 2.55. The molecule has 15 heavy (non-hydrogen) atoms. The smallest absolute Gasteiger partial charge is 0.166 e. The molecular weight excluding hydrogens is 186 g/mol. The minimum atomic E-state index is 0.464. The quantitative estimate of drug-likeness (QED) is 0.742. The number of hydrogen-bond acceptors (Lipinski definition) is 1. The third-order valence-electron chi connectivity index (χ3n) is 2.90. The van der Waals surface area contributed by atoms with Gasteiger partial charge in [0, 0.05) is 10.9 Å². The van der Waals surface area contributed by atoms with E-state index in [9.17, 15) is 4.79 Å². The lowest BCUT2D eigenvalue weighted by molar-refractivity contribution is 0.111. The highest BCUT2D eigenvalue weighted by Crippen LogP contribution is 2.28. The summed E-state index contributed by atoms with van der Waals surface area (Å²) in [4.78, 5) is 14.0. The van der Waals surface area contributed by atoms with Crippen molar-refractivity contribution in [1.82, 2.24) is 4.98 Å². The Hall–Kier alpha value is -1.57.